The Morgan fingerprint density at radius 1 is 0.966 bits per heavy atom. The second-order valence-electron chi connectivity index (χ2n) is 7.00. The van der Waals surface area contributed by atoms with Gasteiger partial charge in [-0.3, -0.25) is 14.5 Å². The van der Waals surface area contributed by atoms with E-state index in [4.69, 9.17) is 11.6 Å². The number of aliphatic hydroxyl groups is 1. The molecule has 0 bridgehead atoms. The van der Waals surface area contributed by atoms with Gasteiger partial charge in [-0.1, -0.05) is 41.9 Å². The number of nitrogens with one attached hydrogen (secondary N) is 2. The standard InChI is InChI=1S/C22H16ClN3O3/c23-14-4-3-5-15(11-14)26-21(28)16-6-1-2-7-17(16)22(26,29)13-8-9-18-19(10-13)25-20(27)12-24-18/h1-11,24,29H,12H2,(H,25,27). The summed E-state index contributed by atoms with van der Waals surface area (Å²) in [6, 6.07) is 19.0. The monoisotopic (exact) mass is 405 g/mol. The van der Waals surface area contributed by atoms with E-state index in [0.29, 0.717) is 33.1 Å². The number of carbonyl (C=O) groups is 2. The van der Waals surface area contributed by atoms with Gasteiger partial charge in [-0.05, 0) is 36.4 Å². The molecule has 6 nitrogen and oxygen atoms in total. The Balaban J connectivity index is 1.74. The second kappa shape index (κ2) is 6.34. The van der Waals surface area contributed by atoms with E-state index in [1.54, 1.807) is 66.7 Å². The molecular weight excluding hydrogens is 390 g/mol. The molecule has 1 atom stereocenters. The van der Waals surface area contributed by atoms with Gasteiger partial charge in [-0.2, -0.15) is 0 Å². The molecule has 3 N–H and O–H groups in total. The van der Waals surface area contributed by atoms with E-state index in [2.05, 4.69) is 10.6 Å². The van der Waals surface area contributed by atoms with Crippen molar-refractivity contribution in [2.45, 2.75) is 5.72 Å². The Morgan fingerprint density at radius 3 is 2.62 bits per heavy atom. The number of halogens is 1. The van der Waals surface area contributed by atoms with Gasteiger partial charge in [0.05, 0.1) is 17.9 Å². The molecule has 0 aromatic heterocycles. The van der Waals surface area contributed by atoms with Gasteiger partial charge in [0.15, 0.2) is 5.72 Å². The van der Waals surface area contributed by atoms with Crippen LogP contribution in [0.5, 0.6) is 0 Å². The second-order valence-corrected chi connectivity index (χ2v) is 7.44. The van der Waals surface area contributed by atoms with Gasteiger partial charge in [0.1, 0.15) is 0 Å². The summed E-state index contributed by atoms with van der Waals surface area (Å²) in [6.07, 6.45) is 0. The van der Waals surface area contributed by atoms with Crippen LogP contribution in [0.2, 0.25) is 5.02 Å². The van der Waals surface area contributed by atoms with Crippen LogP contribution < -0.4 is 15.5 Å². The van der Waals surface area contributed by atoms with Crippen LogP contribution in [-0.2, 0) is 10.5 Å². The van der Waals surface area contributed by atoms with Crippen LogP contribution >= 0.6 is 11.6 Å². The third kappa shape index (κ3) is 2.61. The van der Waals surface area contributed by atoms with Crippen LogP contribution in [0.1, 0.15) is 21.5 Å². The number of carbonyl (C=O) groups excluding carboxylic acids is 2. The van der Waals surface area contributed by atoms with Crippen molar-refractivity contribution in [3.63, 3.8) is 0 Å². The van der Waals surface area contributed by atoms with Gasteiger partial charge in [-0.15, -0.1) is 0 Å². The molecule has 2 aliphatic heterocycles. The molecule has 2 aliphatic rings. The Hall–Kier alpha value is -3.35. The van der Waals surface area contributed by atoms with Crippen LogP contribution in [0.15, 0.2) is 66.7 Å². The molecule has 29 heavy (non-hydrogen) atoms. The largest absolute Gasteiger partial charge is 0.374 e. The fraction of sp³-hybridized carbons (Fsp3) is 0.0909. The highest BCUT2D eigenvalue weighted by Gasteiger charge is 2.50. The average molecular weight is 406 g/mol. The number of amides is 2. The summed E-state index contributed by atoms with van der Waals surface area (Å²) >= 11 is 6.16. The molecule has 0 radical (unpaired) electrons. The lowest BCUT2D eigenvalue weighted by molar-refractivity contribution is -0.114. The van der Waals surface area contributed by atoms with Crippen molar-refractivity contribution in [2.75, 3.05) is 22.1 Å². The first-order valence-electron chi connectivity index (χ1n) is 9.09. The normalized spacial score (nSPS) is 20.0. The van der Waals surface area contributed by atoms with Crippen molar-refractivity contribution in [1.82, 2.24) is 0 Å². The predicted molar refractivity (Wildman–Crippen MR) is 111 cm³/mol. The van der Waals surface area contributed by atoms with E-state index < -0.39 is 5.72 Å². The summed E-state index contributed by atoms with van der Waals surface area (Å²) in [5, 5.41) is 18.3. The zero-order chi connectivity index (χ0) is 20.2. The van der Waals surface area contributed by atoms with Crippen molar-refractivity contribution >= 4 is 40.5 Å². The van der Waals surface area contributed by atoms with Gasteiger partial charge in [0, 0.05) is 27.4 Å². The highest BCUT2D eigenvalue weighted by Crippen LogP contribution is 2.46. The van der Waals surface area contributed by atoms with Crippen LogP contribution in [0.4, 0.5) is 17.1 Å². The molecule has 0 fully saturated rings. The minimum atomic E-state index is -1.75. The minimum Gasteiger partial charge on any atom is -0.374 e. The first kappa shape index (κ1) is 17.7. The highest BCUT2D eigenvalue weighted by atomic mass is 35.5. The third-order valence-electron chi connectivity index (χ3n) is 5.26. The van der Waals surface area contributed by atoms with Crippen LogP contribution in [0.25, 0.3) is 0 Å². The molecule has 0 saturated carbocycles. The zero-order valence-corrected chi connectivity index (χ0v) is 15.9. The van der Waals surface area contributed by atoms with Gasteiger partial charge < -0.3 is 15.7 Å². The fourth-order valence-electron chi connectivity index (χ4n) is 3.95. The SMILES string of the molecule is O=C1CNc2ccc(C3(O)c4ccccc4C(=O)N3c3cccc(Cl)c3)cc2N1. The Labute approximate surface area is 171 Å². The quantitative estimate of drug-likeness (QED) is 0.609. The van der Waals surface area contributed by atoms with Crippen LogP contribution in [0, 0.1) is 0 Å². The van der Waals surface area contributed by atoms with E-state index >= 15 is 0 Å². The van der Waals surface area contributed by atoms with E-state index in [9.17, 15) is 14.7 Å². The topological polar surface area (TPSA) is 81.7 Å². The molecule has 3 aromatic carbocycles. The lowest BCUT2D eigenvalue weighted by atomic mass is 9.92. The number of nitrogens with zero attached hydrogens (tertiary/aromatic N) is 1. The van der Waals surface area contributed by atoms with Crippen molar-refractivity contribution in [3.05, 3.63) is 88.4 Å². The number of anilines is 3. The fourth-order valence-corrected chi connectivity index (χ4v) is 4.14. The maximum absolute atomic E-state index is 13.3. The van der Waals surface area contributed by atoms with Crippen molar-refractivity contribution in [1.29, 1.82) is 0 Å². The maximum atomic E-state index is 13.3. The molecule has 3 aromatic rings. The molecule has 0 saturated heterocycles. The van der Waals surface area contributed by atoms with Crippen molar-refractivity contribution in [2.24, 2.45) is 0 Å². The number of hydrogen-bond donors (Lipinski definition) is 3. The van der Waals surface area contributed by atoms with Crippen LogP contribution in [0.3, 0.4) is 0 Å². The summed E-state index contributed by atoms with van der Waals surface area (Å²) in [5.74, 6) is -0.499. The number of fused-ring (bicyclic) bond motifs is 2. The summed E-state index contributed by atoms with van der Waals surface area (Å²) in [7, 11) is 0. The first-order valence-corrected chi connectivity index (χ1v) is 9.46. The van der Waals surface area contributed by atoms with Crippen molar-refractivity contribution < 1.29 is 14.7 Å². The van der Waals surface area contributed by atoms with E-state index in [0.717, 1.165) is 5.69 Å². The molecule has 144 valence electrons. The molecule has 1 unspecified atom stereocenters. The lowest BCUT2D eigenvalue weighted by Crippen LogP contribution is -2.45. The molecule has 0 spiro atoms. The van der Waals surface area contributed by atoms with Gasteiger partial charge >= 0.3 is 0 Å². The molecule has 5 rings (SSSR count). The zero-order valence-electron chi connectivity index (χ0n) is 15.1. The minimum absolute atomic E-state index is 0.170. The average Bonchev–Trinajstić information content (AvgIpc) is 2.96. The smallest absolute Gasteiger partial charge is 0.261 e. The van der Waals surface area contributed by atoms with Gasteiger partial charge in [0.2, 0.25) is 5.91 Å². The lowest BCUT2D eigenvalue weighted by Gasteiger charge is -2.35. The van der Waals surface area contributed by atoms with Crippen LogP contribution in [-0.4, -0.2) is 23.5 Å². The van der Waals surface area contributed by atoms with Crippen molar-refractivity contribution in [3.8, 4) is 0 Å². The molecular formula is C22H16ClN3O3. The molecule has 0 aliphatic carbocycles. The molecule has 2 heterocycles. The number of hydrogen-bond acceptors (Lipinski definition) is 4. The summed E-state index contributed by atoms with van der Waals surface area (Å²) in [4.78, 5) is 26.4. The number of rotatable bonds is 2. The Kier molecular flexibility index (Phi) is 3.87. The van der Waals surface area contributed by atoms with E-state index in [1.165, 1.54) is 4.90 Å². The summed E-state index contributed by atoms with van der Waals surface area (Å²) in [6.45, 7) is 0.187. The third-order valence-corrected chi connectivity index (χ3v) is 5.50. The predicted octanol–water partition coefficient (Wildman–Crippen LogP) is 3.56. The van der Waals surface area contributed by atoms with E-state index in [-0.39, 0.29) is 18.4 Å². The number of benzene rings is 3. The Bertz CT molecular complexity index is 1180. The Morgan fingerprint density at radius 2 is 1.79 bits per heavy atom. The first-order chi connectivity index (χ1) is 14.0. The maximum Gasteiger partial charge on any atom is 0.261 e. The summed E-state index contributed by atoms with van der Waals surface area (Å²) < 4.78 is 0. The van der Waals surface area contributed by atoms with E-state index in [1.807, 2.05) is 0 Å². The van der Waals surface area contributed by atoms with Gasteiger partial charge in [-0.25, -0.2) is 0 Å². The summed E-state index contributed by atoms with van der Waals surface area (Å²) in [5.41, 5.74) is 1.36. The molecule has 2 amide bonds. The van der Waals surface area contributed by atoms with Gasteiger partial charge in [0.25, 0.3) is 5.91 Å². The highest BCUT2D eigenvalue weighted by molar-refractivity contribution is 6.31. The molecule has 7 heteroatoms.